The third kappa shape index (κ3) is 4.37. The molecule has 1 aliphatic rings. The van der Waals surface area contributed by atoms with E-state index in [0.717, 1.165) is 30.1 Å². The molecule has 0 radical (unpaired) electrons. The Labute approximate surface area is 132 Å². The lowest BCUT2D eigenvalue weighted by atomic mass is 10.1. The Balaban J connectivity index is 0.00000200. The summed E-state index contributed by atoms with van der Waals surface area (Å²) in [6.45, 7) is 6.50. The van der Waals surface area contributed by atoms with E-state index >= 15 is 0 Å². The lowest BCUT2D eigenvalue weighted by Gasteiger charge is -2.29. The first-order valence-corrected chi connectivity index (χ1v) is 7.21. The summed E-state index contributed by atoms with van der Waals surface area (Å²) >= 11 is 6.00. The molecule has 20 heavy (non-hydrogen) atoms. The molecule has 0 saturated carbocycles. The van der Waals surface area contributed by atoms with Crippen molar-refractivity contribution in [1.29, 1.82) is 0 Å². The molecule has 0 aliphatic carbocycles. The topological polar surface area (TPSA) is 32.3 Å². The van der Waals surface area contributed by atoms with Gasteiger partial charge in [-0.2, -0.15) is 0 Å². The molecule has 1 unspecified atom stereocenters. The summed E-state index contributed by atoms with van der Waals surface area (Å²) in [5.74, 6) is 0.376. The second-order valence-corrected chi connectivity index (χ2v) is 5.82. The van der Waals surface area contributed by atoms with Gasteiger partial charge < -0.3 is 10.2 Å². The van der Waals surface area contributed by atoms with E-state index in [-0.39, 0.29) is 30.3 Å². The van der Waals surface area contributed by atoms with Crippen molar-refractivity contribution in [2.24, 2.45) is 5.92 Å². The van der Waals surface area contributed by atoms with Gasteiger partial charge >= 0.3 is 0 Å². The van der Waals surface area contributed by atoms with Crippen LogP contribution >= 0.6 is 24.0 Å². The molecule has 1 fully saturated rings. The van der Waals surface area contributed by atoms with Crippen molar-refractivity contribution in [1.82, 2.24) is 10.2 Å². The molecule has 3 nitrogen and oxygen atoms in total. The van der Waals surface area contributed by atoms with Gasteiger partial charge in [-0.05, 0) is 44.5 Å². The van der Waals surface area contributed by atoms with Gasteiger partial charge in [0, 0.05) is 24.2 Å². The van der Waals surface area contributed by atoms with Crippen LogP contribution in [0, 0.1) is 5.92 Å². The molecule has 2 rings (SSSR count). The fourth-order valence-electron chi connectivity index (χ4n) is 2.45. The third-order valence-electron chi connectivity index (χ3n) is 3.56. The van der Waals surface area contributed by atoms with Gasteiger partial charge in [-0.1, -0.05) is 23.7 Å². The summed E-state index contributed by atoms with van der Waals surface area (Å²) in [6.07, 6.45) is 0.942. The number of amides is 1. The maximum Gasteiger partial charge on any atom is 0.227 e. The van der Waals surface area contributed by atoms with Crippen LogP contribution in [0.3, 0.4) is 0 Å². The van der Waals surface area contributed by atoms with Crippen LogP contribution in [0.1, 0.15) is 25.8 Å². The Hall–Kier alpha value is -0.770. The molecule has 1 heterocycles. The van der Waals surface area contributed by atoms with Crippen LogP contribution in [0.5, 0.6) is 0 Å². The predicted octanol–water partition coefficient (Wildman–Crippen LogP) is 3.11. The van der Waals surface area contributed by atoms with E-state index < -0.39 is 0 Å². The van der Waals surface area contributed by atoms with E-state index in [1.54, 1.807) is 0 Å². The Morgan fingerprint density at radius 1 is 1.50 bits per heavy atom. The molecular weight excluding hydrogens is 295 g/mol. The molecule has 1 amide bonds. The van der Waals surface area contributed by atoms with Gasteiger partial charge in [0.15, 0.2) is 0 Å². The number of rotatable bonds is 4. The first kappa shape index (κ1) is 17.3. The second kappa shape index (κ2) is 7.87. The van der Waals surface area contributed by atoms with Gasteiger partial charge in [0.2, 0.25) is 5.91 Å². The Kier molecular flexibility index (Phi) is 6.80. The molecule has 1 saturated heterocycles. The summed E-state index contributed by atoms with van der Waals surface area (Å²) in [5.41, 5.74) is 1.08. The quantitative estimate of drug-likeness (QED) is 0.925. The molecule has 0 bridgehead atoms. The highest BCUT2D eigenvalue weighted by Crippen LogP contribution is 2.18. The van der Waals surface area contributed by atoms with Crippen molar-refractivity contribution in [2.45, 2.75) is 32.9 Å². The van der Waals surface area contributed by atoms with E-state index in [1.807, 2.05) is 29.2 Å². The number of nitrogens with one attached hydrogen (secondary N) is 1. The van der Waals surface area contributed by atoms with E-state index in [0.29, 0.717) is 6.54 Å². The fourth-order valence-corrected chi connectivity index (χ4v) is 2.66. The minimum absolute atomic E-state index is 0. The molecule has 1 aromatic rings. The van der Waals surface area contributed by atoms with Gasteiger partial charge in [-0.3, -0.25) is 4.79 Å². The summed E-state index contributed by atoms with van der Waals surface area (Å²) in [4.78, 5) is 14.5. The SMILES string of the molecule is CC(C)N(Cc1cccc(Cl)c1)C(=O)C1CCNC1.Cl. The van der Waals surface area contributed by atoms with E-state index in [9.17, 15) is 4.79 Å². The number of halogens is 2. The number of carbonyl (C=O) groups is 1. The van der Waals surface area contributed by atoms with Gasteiger partial charge in [-0.15, -0.1) is 12.4 Å². The average molecular weight is 317 g/mol. The van der Waals surface area contributed by atoms with Gasteiger partial charge in [0.05, 0.1) is 5.92 Å². The average Bonchev–Trinajstić information content (AvgIpc) is 2.88. The molecule has 0 spiro atoms. The van der Waals surface area contributed by atoms with Crippen LogP contribution in [0.25, 0.3) is 0 Å². The van der Waals surface area contributed by atoms with E-state index in [2.05, 4.69) is 19.2 Å². The monoisotopic (exact) mass is 316 g/mol. The minimum atomic E-state index is 0. The van der Waals surface area contributed by atoms with Gasteiger partial charge in [0.25, 0.3) is 0 Å². The molecular formula is C15H22Cl2N2O. The molecule has 1 aromatic carbocycles. The van der Waals surface area contributed by atoms with E-state index in [4.69, 9.17) is 11.6 Å². The van der Waals surface area contributed by atoms with Crippen molar-refractivity contribution in [3.8, 4) is 0 Å². The van der Waals surface area contributed by atoms with Gasteiger partial charge in [-0.25, -0.2) is 0 Å². The second-order valence-electron chi connectivity index (χ2n) is 5.38. The third-order valence-corrected chi connectivity index (χ3v) is 3.79. The first-order valence-electron chi connectivity index (χ1n) is 6.83. The summed E-state index contributed by atoms with van der Waals surface area (Å²) in [7, 11) is 0. The van der Waals surface area contributed by atoms with Crippen molar-refractivity contribution in [3.05, 3.63) is 34.9 Å². The maximum atomic E-state index is 12.5. The van der Waals surface area contributed by atoms with Crippen LogP contribution in [-0.4, -0.2) is 29.9 Å². The minimum Gasteiger partial charge on any atom is -0.336 e. The number of hydrogen-bond acceptors (Lipinski definition) is 2. The molecule has 112 valence electrons. The largest absolute Gasteiger partial charge is 0.336 e. The molecule has 5 heteroatoms. The van der Waals surface area contributed by atoms with Crippen LogP contribution in [0.2, 0.25) is 5.02 Å². The highest BCUT2D eigenvalue weighted by Gasteiger charge is 2.28. The summed E-state index contributed by atoms with van der Waals surface area (Å²) in [6, 6.07) is 7.93. The smallest absolute Gasteiger partial charge is 0.227 e. The molecule has 0 aromatic heterocycles. The number of nitrogens with zero attached hydrogens (tertiary/aromatic N) is 1. The van der Waals surface area contributed by atoms with E-state index in [1.165, 1.54) is 0 Å². The number of carbonyl (C=O) groups excluding carboxylic acids is 1. The standard InChI is InChI=1S/C15H21ClN2O.ClH/c1-11(2)18(15(19)13-6-7-17-9-13)10-12-4-3-5-14(16)8-12;/h3-5,8,11,13,17H,6-7,9-10H2,1-2H3;1H. The molecule has 1 atom stereocenters. The lowest BCUT2D eigenvalue weighted by Crippen LogP contribution is -2.41. The Bertz CT molecular complexity index is 445. The highest BCUT2D eigenvalue weighted by atomic mass is 35.5. The summed E-state index contributed by atoms with van der Waals surface area (Å²) in [5, 5.41) is 3.97. The van der Waals surface area contributed by atoms with Crippen molar-refractivity contribution in [3.63, 3.8) is 0 Å². The predicted molar refractivity (Wildman–Crippen MR) is 85.4 cm³/mol. The Morgan fingerprint density at radius 2 is 2.25 bits per heavy atom. The van der Waals surface area contributed by atoms with Crippen molar-refractivity contribution >= 4 is 29.9 Å². The van der Waals surface area contributed by atoms with Crippen LogP contribution in [-0.2, 0) is 11.3 Å². The fraction of sp³-hybridized carbons (Fsp3) is 0.533. The number of hydrogen-bond donors (Lipinski definition) is 1. The van der Waals surface area contributed by atoms with Crippen molar-refractivity contribution < 1.29 is 4.79 Å². The first-order chi connectivity index (χ1) is 9.08. The lowest BCUT2D eigenvalue weighted by molar-refractivity contribution is -0.137. The normalized spacial score (nSPS) is 17.9. The van der Waals surface area contributed by atoms with Crippen LogP contribution in [0.4, 0.5) is 0 Å². The molecule has 1 N–H and O–H groups in total. The van der Waals surface area contributed by atoms with Crippen LogP contribution in [0.15, 0.2) is 24.3 Å². The summed E-state index contributed by atoms with van der Waals surface area (Å²) < 4.78 is 0. The van der Waals surface area contributed by atoms with Gasteiger partial charge in [0.1, 0.15) is 0 Å². The highest BCUT2D eigenvalue weighted by molar-refractivity contribution is 6.30. The zero-order chi connectivity index (χ0) is 13.8. The molecule has 1 aliphatic heterocycles. The number of benzene rings is 1. The Morgan fingerprint density at radius 3 is 2.80 bits per heavy atom. The zero-order valence-corrected chi connectivity index (χ0v) is 13.5. The van der Waals surface area contributed by atoms with Crippen LogP contribution < -0.4 is 5.32 Å². The van der Waals surface area contributed by atoms with Crippen molar-refractivity contribution in [2.75, 3.05) is 13.1 Å². The maximum absolute atomic E-state index is 12.5. The zero-order valence-electron chi connectivity index (χ0n) is 11.9.